The molecule has 0 amide bonds. The lowest BCUT2D eigenvalue weighted by atomic mass is 10.1. The summed E-state index contributed by atoms with van der Waals surface area (Å²) in [4.78, 5) is 10.9. The van der Waals surface area contributed by atoms with E-state index in [9.17, 15) is 0 Å². The lowest BCUT2D eigenvalue weighted by Crippen LogP contribution is -2.47. The molecule has 2 aromatic heterocycles. The van der Waals surface area contributed by atoms with E-state index in [2.05, 4.69) is 27.0 Å². The van der Waals surface area contributed by atoms with Crippen LogP contribution in [0, 0.1) is 5.92 Å². The van der Waals surface area contributed by atoms with Crippen LogP contribution in [0.2, 0.25) is 0 Å². The van der Waals surface area contributed by atoms with E-state index in [0.29, 0.717) is 23.9 Å². The van der Waals surface area contributed by atoms with Gasteiger partial charge in [-0.05, 0) is 42.5 Å². The molecule has 1 saturated heterocycles. The van der Waals surface area contributed by atoms with E-state index in [4.69, 9.17) is 9.47 Å². The molecule has 2 aliphatic rings. The van der Waals surface area contributed by atoms with Crippen molar-refractivity contribution in [1.82, 2.24) is 14.9 Å². The van der Waals surface area contributed by atoms with E-state index in [1.165, 1.54) is 5.56 Å². The molecule has 126 valence electrons. The topological polar surface area (TPSA) is 47.5 Å². The number of morpholine rings is 1. The van der Waals surface area contributed by atoms with Crippen molar-refractivity contribution in [3.63, 3.8) is 0 Å². The molecule has 5 heteroatoms. The summed E-state index contributed by atoms with van der Waals surface area (Å²) in [5.74, 6) is 1.24. The molecule has 1 saturated carbocycles. The Hall–Kier alpha value is -1.98. The summed E-state index contributed by atoms with van der Waals surface area (Å²) >= 11 is 0. The molecular weight excluding hydrogens is 302 g/mol. The smallest absolute Gasteiger partial charge is 0.213 e. The third-order valence-corrected chi connectivity index (χ3v) is 4.99. The van der Waals surface area contributed by atoms with Crippen molar-refractivity contribution >= 4 is 0 Å². The number of hydrogen-bond donors (Lipinski definition) is 0. The Bertz CT molecular complexity index is 638. The van der Waals surface area contributed by atoms with Crippen LogP contribution >= 0.6 is 0 Å². The molecule has 5 nitrogen and oxygen atoms in total. The average molecular weight is 325 g/mol. The standard InChI is InChI=1S/C19H23N3O2/c1-2-6-21-19(3-1)24-14-16-11-17-18(12-16)23-10-9-22(17)13-15-4-7-20-8-5-15/h1-8,16-18H,9-14H2/t16-,17-,18+/m0/s1. The Morgan fingerprint density at radius 3 is 2.88 bits per heavy atom. The monoisotopic (exact) mass is 325 g/mol. The van der Waals surface area contributed by atoms with Crippen molar-refractivity contribution in [2.75, 3.05) is 19.8 Å². The number of aromatic nitrogens is 2. The largest absolute Gasteiger partial charge is 0.477 e. The minimum absolute atomic E-state index is 0.331. The second-order valence-corrected chi connectivity index (χ2v) is 6.62. The Morgan fingerprint density at radius 1 is 1.12 bits per heavy atom. The van der Waals surface area contributed by atoms with Crippen LogP contribution in [0.1, 0.15) is 18.4 Å². The van der Waals surface area contributed by atoms with E-state index < -0.39 is 0 Å². The number of pyridine rings is 2. The summed E-state index contributed by atoms with van der Waals surface area (Å²) in [7, 11) is 0. The molecule has 0 spiro atoms. The number of rotatable bonds is 5. The second-order valence-electron chi connectivity index (χ2n) is 6.62. The molecular formula is C19H23N3O2. The lowest BCUT2D eigenvalue weighted by molar-refractivity contribution is -0.0590. The molecule has 3 atom stereocenters. The van der Waals surface area contributed by atoms with Gasteiger partial charge in [0.2, 0.25) is 5.88 Å². The first-order valence-electron chi connectivity index (χ1n) is 8.67. The van der Waals surface area contributed by atoms with Crippen molar-refractivity contribution < 1.29 is 9.47 Å². The van der Waals surface area contributed by atoms with E-state index in [1.807, 2.05) is 30.6 Å². The van der Waals surface area contributed by atoms with E-state index >= 15 is 0 Å². The maximum absolute atomic E-state index is 6.03. The normalized spacial score (nSPS) is 26.9. The van der Waals surface area contributed by atoms with Crippen LogP contribution in [0.4, 0.5) is 0 Å². The summed E-state index contributed by atoms with van der Waals surface area (Å²) in [6, 6.07) is 10.5. The van der Waals surface area contributed by atoms with Gasteiger partial charge in [-0.15, -0.1) is 0 Å². The minimum atomic E-state index is 0.331. The molecule has 2 aromatic rings. The van der Waals surface area contributed by atoms with E-state index in [0.717, 1.165) is 39.1 Å². The van der Waals surface area contributed by atoms with Crippen molar-refractivity contribution in [3.05, 3.63) is 54.5 Å². The second kappa shape index (κ2) is 7.28. The number of ether oxygens (including phenoxy) is 2. The van der Waals surface area contributed by atoms with Crippen LogP contribution in [0.25, 0.3) is 0 Å². The first-order chi connectivity index (χ1) is 11.9. The third-order valence-electron chi connectivity index (χ3n) is 4.99. The van der Waals surface area contributed by atoms with Crippen LogP contribution in [-0.4, -0.2) is 46.8 Å². The predicted molar refractivity (Wildman–Crippen MR) is 90.6 cm³/mol. The quantitative estimate of drug-likeness (QED) is 0.845. The Labute approximate surface area is 142 Å². The SMILES string of the molecule is c1ccc(OC[C@@H]2C[C@H]3OCCN(Cc4ccncc4)[C@H]3C2)nc1. The van der Waals surface area contributed by atoms with Gasteiger partial charge in [0.25, 0.3) is 0 Å². The Kier molecular flexibility index (Phi) is 4.71. The zero-order chi connectivity index (χ0) is 16.2. The minimum Gasteiger partial charge on any atom is -0.477 e. The highest BCUT2D eigenvalue weighted by atomic mass is 16.5. The summed E-state index contributed by atoms with van der Waals surface area (Å²) in [5, 5.41) is 0. The van der Waals surface area contributed by atoms with Crippen molar-refractivity contribution in [3.8, 4) is 5.88 Å². The van der Waals surface area contributed by atoms with Crippen molar-refractivity contribution in [2.45, 2.75) is 31.5 Å². The van der Waals surface area contributed by atoms with Gasteiger partial charge in [0.05, 0.1) is 19.3 Å². The summed E-state index contributed by atoms with van der Waals surface area (Å²) in [6.07, 6.45) is 8.03. The van der Waals surface area contributed by atoms with Crippen LogP contribution in [0.3, 0.4) is 0 Å². The van der Waals surface area contributed by atoms with Crippen LogP contribution < -0.4 is 4.74 Å². The van der Waals surface area contributed by atoms with Crippen molar-refractivity contribution in [2.24, 2.45) is 5.92 Å². The van der Waals surface area contributed by atoms with Gasteiger partial charge < -0.3 is 9.47 Å². The fourth-order valence-corrected chi connectivity index (χ4v) is 3.82. The Balaban J connectivity index is 1.35. The number of nitrogens with zero attached hydrogens (tertiary/aromatic N) is 3. The van der Waals surface area contributed by atoms with E-state index in [1.54, 1.807) is 6.20 Å². The fraction of sp³-hybridized carbons (Fsp3) is 0.474. The molecule has 0 bridgehead atoms. The first kappa shape index (κ1) is 15.5. The van der Waals surface area contributed by atoms with Gasteiger partial charge in [-0.1, -0.05) is 6.07 Å². The molecule has 2 fully saturated rings. The van der Waals surface area contributed by atoms with Gasteiger partial charge in [0.1, 0.15) is 0 Å². The Morgan fingerprint density at radius 2 is 2.04 bits per heavy atom. The highest BCUT2D eigenvalue weighted by Gasteiger charge is 2.41. The predicted octanol–water partition coefficient (Wildman–Crippen LogP) is 2.54. The van der Waals surface area contributed by atoms with Crippen LogP contribution in [0.15, 0.2) is 48.9 Å². The van der Waals surface area contributed by atoms with Gasteiger partial charge in [-0.3, -0.25) is 9.88 Å². The molecule has 24 heavy (non-hydrogen) atoms. The zero-order valence-electron chi connectivity index (χ0n) is 13.8. The summed E-state index contributed by atoms with van der Waals surface area (Å²) in [6.45, 7) is 3.51. The summed E-state index contributed by atoms with van der Waals surface area (Å²) in [5.41, 5.74) is 1.32. The number of fused-ring (bicyclic) bond motifs is 1. The molecule has 4 rings (SSSR count). The van der Waals surface area contributed by atoms with Crippen LogP contribution in [-0.2, 0) is 11.3 Å². The highest BCUT2D eigenvalue weighted by Crippen LogP contribution is 2.35. The molecule has 1 aliphatic carbocycles. The first-order valence-corrected chi connectivity index (χ1v) is 8.67. The number of hydrogen-bond acceptors (Lipinski definition) is 5. The lowest BCUT2D eigenvalue weighted by Gasteiger charge is -2.37. The van der Waals surface area contributed by atoms with Gasteiger partial charge in [-0.25, -0.2) is 4.98 Å². The van der Waals surface area contributed by atoms with Crippen molar-refractivity contribution in [1.29, 1.82) is 0 Å². The molecule has 0 radical (unpaired) electrons. The zero-order valence-corrected chi connectivity index (χ0v) is 13.8. The molecule has 0 unspecified atom stereocenters. The molecule has 0 N–H and O–H groups in total. The van der Waals surface area contributed by atoms with E-state index in [-0.39, 0.29) is 0 Å². The van der Waals surface area contributed by atoms with Gasteiger partial charge in [0, 0.05) is 43.8 Å². The van der Waals surface area contributed by atoms with Gasteiger partial charge in [0.15, 0.2) is 0 Å². The maximum Gasteiger partial charge on any atom is 0.213 e. The summed E-state index contributed by atoms with van der Waals surface area (Å²) < 4.78 is 11.9. The van der Waals surface area contributed by atoms with Gasteiger partial charge in [-0.2, -0.15) is 0 Å². The van der Waals surface area contributed by atoms with Crippen LogP contribution in [0.5, 0.6) is 5.88 Å². The molecule has 3 heterocycles. The average Bonchev–Trinajstić information content (AvgIpc) is 3.06. The molecule has 0 aromatic carbocycles. The highest BCUT2D eigenvalue weighted by molar-refractivity contribution is 5.11. The van der Waals surface area contributed by atoms with Gasteiger partial charge >= 0.3 is 0 Å². The molecule has 1 aliphatic heterocycles. The third kappa shape index (κ3) is 3.57. The maximum atomic E-state index is 6.03. The fourth-order valence-electron chi connectivity index (χ4n) is 3.82.